The van der Waals surface area contributed by atoms with Crippen molar-refractivity contribution in [3.63, 3.8) is 0 Å². The number of rotatable bonds is 3. The van der Waals surface area contributed by atoms with Crippen molar-refractivity contribution in [2.45, 2.75) is 32.2 Å². The highest BCUT2D eigenvalue weighted by Crippen LogP contribution is 2.36. The molecule has 0 saturated heterocycles. The summed E-state index contributed by atoms with van der Waals surface area (Å²) in [6, 6.07) is 7.16. The van der Waals surface area contributed by atoms with Gasteiger partial charge in [0.05, 0.1) is 11.7 Å². The van der Waals surface area contributed by atoms with Gasteiger partial charge in [0.1, 0.15) is 5.82 Å². The lowest BCUT2D eigenvalue weighted by Gasteiger charge is -2.25. The number of hydrogen-bond donors (Lipinski definition) is 2. The van der Waals surface area contributed by atoms with Gasteiger partial charge in [-0.15, -0.1) is 11.3 Å². The fraction of sp³-hybridized carbons (Fsp3) is 0.312. The fourth-order valence-electron chi connectivity index (χ4n) is 2.74. The first-order chi connectivity index (χ1) is 10.1. The number of carbonyl (C=O) groups is 1. The Labute approximate surface area is 127 Å². The number of aryl methyl sites for hydroxylation is 1. The van der Waals surface area contributed by atoms with E-state index in [0.717, 1.165) is 24.9 Å². The fourth-order valence-corrected chi connectivity index (χ4v) is 3.73. The van der Waals surface area contributed by atoms with Gasteiger partial charge in [0.25, 0.3) is 0 Å². The topological polar surface area (TPSA) is 41.1 Å². The van der Waals surface area contributed by atoms with Crippen LogP contribution in [0.3, 0.4) is 0 Å². The largest absolute Gasteiger partial charge is 0.378 e. The molecule has 5 heteroatoms. The van der Waals surface area contributed by atoms with Gasteiger partial charge in [0.15, 0.2) is 0 Å². The van der Waals surface area contributed by atoms with Crippen molar-refractivity contribution in [1.82, 2.24) is 0 Å². The molecule has 0 saturated carbocycles. The van der Waals surface area contributed by atoms with E-state index in [0.29, 0.717) is 0 Å². The zero-order valence-electron chi connectivity index (χ0n) is 11.8. The Hall–Kier alpha value is -1.88. The molecule has 0 radical (unpaired) electrons. The molecule has 0 bridgehead atoms. The van der Waals surface area contributed by atoms with Crippen LogP contribution >= 0.6 is 11.3 Å². The first-order valence-corrected chi connectivity index (χ1v) is 7.91. The Morgan fingerprint density at radius 2 is 2.24 bits per heavy atom. The van der Waals surface area contributed by atoms with Crippen LogP contribution in [-0.2, 0) is 11.2 Å². The van der Waals surface area contributed by atoms with E-state index in [4.69, 9.17) is 0 Å². The first-order valence-electron chi connectivity index (χ1n) is 7.03. The average molecular weight is 304 g/mol. The number of fused-ring (bicyclic) bond motifs is 1. The van der Waals surface area contributed by atoms with E-state index in [-0.39, 0.29) is 17.6 Å². The van der Waals surface area contributed by atoms with Crippen molar-refractivity contribution < 1.29 is 9.18 Å². The monoisotopic (exact) mass is 304 g/mol. The van der Waals surface area contributed by atoms with Gasteiger partial charge >= 0.3 is 0 Å². The maximum atomic E-state index is 13.7. The highest BCUT2D eigenvalue weighted by Gasteiger charge is 2.21. The SMILES string of the molecule is CC(=O)Nc1cc(NC2CCCc3sccc32)ccc1F. The zero-order valence-corrected chi connectivity index (χ0v) is 12.6. The molecule has 2 aromatic rings. The van der Waals surface area contributed by atoms with E-state index in [1.165, 1.54) is 23.4 Å². The third kappa shape index (κ3) is 3.08. The summed E-state index contributed by atoms with van der Waals surface area (Å²) in [5.74, 6) is -0.695. The molecule has 1 aliphatic carbocycles. The summed E-state index contributed by atoms with van der Waals surface area (Å²) >= 11 is 1.80. The van der Waals surface area contributed by atoms with Crippen molar-refractivity contribution in [3.8, 4) is 0 Å². The van der Waals surface area contributed by atoms with Crippen LogP contribution in [0.25, 0.3) is 0 Å². The third-order valence-corrected chi connectivity index (χ3v) is 4.67. The summed E-state index contributed by atoms with van der Waals surface area (Å²) in [6.07, 6.45) is 3.37. The summed E-state index contributed by atoms with van der Waals surface area (Å²) in [5, 5.41) is 8.09. The molecule has 0 fully saturated rings. The van der Waals surface area contributed by atoms with Crippen molar-refractivity contribution in [1.29, 1.82) is 0 Å². The van der Waals surface area contributed by atoms with Gasteiger partial charge < -0.3 is 10.6 Å². The van der Waals surface area contributed by atoms with Crippen molar-refractivity contribution >= 4 is 28.6 Å². The second-order valence-corrected chi connectivity index (χ2v) is 6.26. The second kappa shape index (κ2) is 5.85. The maximum absolute atomic E-state index is 13.7. The summed E-state index contributed by atoms with van der Waals surface area (Å²) in [5.41, 5.74) is 2.38. The Morgan fingerprint density at radius 3 is 3.05 bits per heavy atom. The lowest BCUT2D eigenvalue weighted by molar-refractivity contribution is -0.114. The number of amides is 1. The molecular weight excluding hydrogens is 287 g/mol. The van der Waals surface area contributed by atoms with Crippen LogP contribution in [-0.4, -0.2) is 5.91 Å². The molecule has 1 unspecified atom stereocenters. The van der Waals surface area contributed by atoms with E-state index in [9.17, 15) is 9.18 Å². The highest BCUT2D eigenvalue weighted by molar-refractivity contribution is 7.10. The summed E-state index contributed by atoms with van der Waals surface area (Å²) in [6.45, 7) is 1.37. The molecule has 0 aliphatic heterocycles. The van der Waals surface area contributed by atoms with Crippen LogP contribution in [0.15, 0.2) is 29.6 Å². The van der Waals surface area contributed by atoms with Crippen LogP contribution < -0.4 is 10.6 Å². The lowest BCUT2D eigenvalue weighted by atomic mass is 9.94. The Morgan fingerprint density at radius 1 is 1.38 bits per heavy atom. The number of anilines is 2. The number of thiophene rings is 1. The smallest absolute Gasteiger partial charge is 0.221 e. The van der Waals surface area contributed by atoms with Crippen molar-refractivity contribution in [3.05, 3.63) is 45.9 Å². The number of benzene rings is 1. The van der Waals surface area contributed by atoms with Gasteiger partial charge in [-0.05, 0) is 54.5 Å². The molecule has 3 nitrogen and oxygen atoms in total. The maximum Gasteiger partial charge on any atom is 0.221 e. The van der Waals surface area contributed by atoms with E-state index >= 15 is 0 Å². The summed E-state index contributed by atoms with van der Waals surface area (Å²) < 4.78 is 13.7. The second-order valence-electron chi connectivity index (χ2n) is 5.26. The van der Waals surface area contributed by atoms with Gasteiger partial charge in [0.2, 0.25) is 5.91 Å². The highest BCUT2D eigenvalue weighted by atomic mass is 32.1. The molecule has 3 rings (SSSR count). The summed E-state index contributed by atoms with van der Waals surface area (Å²) in [4.78, 5) is 12.5. The molecule has 1 aromatic heterocycles. The Bertz CT molecular complexity index is 668. The first kappa shape index (κ1) is 14.1. The van der Waals surface area contributed by atoms with Crippen molar-refractivity contribution in [2.75, 3.05) is 10.6 Å². The number of nitrogens with one attached hydrogen (secondary N) is 2. The van der Waals surface area contributed by atoms with Crippen LogP contribution in [0.2, 0.25) is 0 Å². The standard InChI is InChI=1S/C16H17FN2OS/c1-10(20)18-15-9-11(5-6-13(15)17)19-14-3-2-4-16-12(14)7-8-21-16/h5-9,14,19H,2-4H2,1H3,(H,18,20). The third-order valence-electron chi connectivity index (χ3n) is 3.67. The molecular formula is C16H17FN2OS. The lowest BCUT2D eigenvalue weighted by Crippen LogP contribution is -2.16. The molecule has 21 heavy (non-hydrogen) atoms. The number of hydrogen-bond acceptors (Lipinski definition) is 3. The predicted molar refractivity (Wildman–Crippen MR) is 84.3 cm³/mol. The zero-order chi connectivity index (χ0) is 14.8. The van der Waals surface area contributed by atoms with Gasteiger partial charge in [-0.3, -0.25) is 4.79 Å². The molecule has 110 valence electrons. The molecule has 1 atom stereocenters. The quantitative estimate of drug-likeness (QED) is 0.886. The summed E-state index contributed by atoms with van der Waals surface area (Å²) in [7, 11) is 0. The van der Waals surface area contributed by atoms with Crippen LogP contribution in [0.4, 0.5) is 15.8 Å². The van der Waals surface area contributed by atoms with E-state index < -0.39 is 5.82 Å². The molecule has 1 aliphatic rings. The average Bonchev–Trinajstić information content (AvgIpc) is 2.91. The predicted octanol–water partition coefficient (Wildman–Crippen LogP) is 4.34. The minimum absolute atomic E-state index is 0.217. The van der Waals surface area contributed by atoms with Gasteiger partial charge in [-0.25, -0.2) is 4.39 Å². The van der Waals surface area contributed by atoms with E-state index in [1.54, 1.807) is 23.5 Å². The molecule has 1 aromatic carbocycles. The van der Waals surface area contributed by atoms with Gasteiger partial charge in [-0.1, -0.05) is 0 Å². The van der Waals surface area contributed by atoms with Crippen LogP contribution in [0.1, 0.15) is 36.2 Å². The van der Waals surface area contributed by atoms with Crippen LogP contribution in [0.5, 0.6) is 0 Å². The van der Waals surface area contributed by atoms with E-state index in [1.807, 2.05) is 0 Å². The van der Waals surface area contributed by atoms with E-state index in [2.05, 4.69) is 22.1 Å². The number of halogens is 1. The van der Waals surface area contributed by atoms with Gasteiger partial charge in [-0.2, -0.15) is 0 Å². The Kier molecular flexibility index (Phi) is 3.92. The normalized spacial score (nSPS) is 17.1. The minimum atomic E-state index is -0.421. The van der Waals surface area contributed by atoms with Gasteiger partial charge in [0, 0.05) is 17.5 Å². The molecule has 2 N–H and O–H groups in total. The van der Waals surface area contributed by atoms with Crippen LogP contribution in [0, 0.1) is 5.82 Å². The Balaban J connectivity index is 1.81. The molecule has 0 spiro atoms. The number of carbonyl (C=O) groups excluding carboxylic acids is 1. The van der Waals surface area contributed by atoms with Crippen molar-refractivity contribution in [2.24, 2.45) is 0 Å². The molecule has 1 heterocycles. The molecule has 1 amide bonds. The minimum Gasteiger partial charge on any atom is -0.378 e.